The number of benzene rings is 1. The molecule has 18 heavy (non-hydrogen) atoms. The molecule has 0 aliphatic carbocycles. The molecule has 1 atom stereocenters. The first-order chi connectivity index (χ1) is 8.65. The van der Waals surface area contributed by atoms with Crippen molar-refractivity contribution in [3.63, 3.8) is 0 Å². The summed E-state index contributed by atoms with van der Waals surface area (Å²) in [6.07, 6.45) is 0.617. The molecule has 1 unspecified atom stereocenters. The van der Waals surface area contributed by atoms with Crippen LogP contribution >= 0.6 is 15.9 Å². The molecule has 3 N–H and O–H groups in total. The van der Waals surface area contributed by atoms with Gasteiger partial charge in [0.2, 0.25) is 6.10 Å². The van der Waals surface area contributed by atoms with Crippen LogP contribution in [0.25, 0.3) is 0 Å². The third-order valence-electron chi connectivity index (χ3n) is 2.57. The summed E-state index contributed by atoms with van der Waals surface area (Å²) >= 11 is 3.39. The van der Waals surface area contributed by atoms with Crippen molar-refractivity contribution in [2.75, 3.05) is 6.54 Å². The van der Waals surface area contributed by atoms with Crippen LogP contribution in [0.1, 0.15) is 12.0 Å². The Labute approximate surface area is 113 Å². The Balaban J connectivity index is 1.91. The van der Waals surface area contributed by atoms with E-state index in [9.17, 15) is 4.79 Å². The summed E-state index contributed by atoms with van der Waals surface area (Å²) in [6, 6.07) is 7.79. The Kier molecular flexibility index (Phi) is 4.19. The highest BCUT2D eigenvalue weighted by Crippen LogP contribution is 2.12. The minimum absolute atomic E-state index is 0.131. The molecule has 5 nitrogen and oxygen atoms in total. The maximum absolute atomic E-state index is 11.2. The number of hydrogen-bond acceptors (Lipinski definition) is 3. The zero-order valence-corrected chi connectivity index (χ0v) is 11.3. The van der Waals surface area contributed by atoms with Crippen LogP contribution in [0.4, 0.5) is 0 Å². The number of carbonyl (C=O) groups is 1. The Morgan fingerprint density at radius 1 is 1.61 bits per heavy atom. The minimum Gasteiger partial charge on any atom is -0.384 e. The van der Waals surface area contributed by atoms with Crippen molar-refractivity contribution in [1.82, 2.24) is 5.32 Å². The second-order valence-corrected chi connectivity index (χ2v) is 4.98. The first kappa shape index (κ1) is 12.9. The van der Waals surface area contributed by atoms with Gasteiger partial charge in [-0.2, -0.15) is 0 Å². The lowest BCUT2D eigenvalue weighted by molar-refractivity contribution is -0.129. The molecule has 2 rings (SSSR count). The third kappa shape index (κ3) is 3.46. The lowest BCUT2D eigenvalue weighted by Gasteiger charge is -2.06. The molecule has 0 aromatic heterocycles. The standard InChI is InChI=1S/C12H14BrN3O2/c13-9-3-1-2-8(6-9)7-11(14)16-18-10-4-5-15-12(10)17/h1-3,6,10H,4-5,7H2,(H2,14,16)(H,15,17). The van der Waals surface area contributed by atoms with Crippen LogP contribution in [0, 0.1) is 0 Å². The van der Waals surface area contributed by atoms with Gasteiger partial charge in [0.15, 0.2) is 0 Å². The number of nitrogens with one attached hydrogen (secondary N) is 1. The first-order valence-electron chi connectivity index (χ1n) is 5.65. The highest BCUT2D eigenvalue weighted by molar-refractivity contribution is 9.10. The number of rotatable bonds is 4. The highest BCUT2D eigenvalue weighted by atomic mass is 79.9. The number of carbonyl (C=O) groups excluding carboxylic acids is 1. The average Bonchev–Trinajstić information content (AvgIpc) is 2.72. The van der Waals surface area contributed by atoms with Gasteiger partial charge in [-0.05, 0) is 17.7 Å². The fourth-order valence-corrected chi connectivity index (χ4v) is 2.14. The summed E-state index contributed by atoms with van der Waals surface area (Å²) in [5.41, 5.74) is 6.79. The second kappa shape index (κ2) is 5.86. The number of nitrogens with zero attached hydrogens (tertiary/aromatic N) is 1. The van der Waals surface area contributed by atoms with Crippen LogP contribution in [0.3, 0.4) is 0 Å². The van der Waals surface area contributed by atoms with Crippen molar-refractivity contribution in [2.45, 2.75) is 18.9 Å². The van der Waals surface area contributed by atoms with Crippen molar-refractivity contribution in [3.05, 3.63) is 34.3 Å². The lowest BCUT2D eigenvalue weighted by Crippen LogP contribution is -2.25. The predicted octanol–water partition coefficient (Wildman–Crippen LogP) is 1.17. The molecule has 1 aliphatic heterocycles. The number of oxime groups is 1. The van der Waals surface area contributed by atoms with E-state index in [1.165, 1.54) is 0 Å². The number of amides is 1. The first-order valence-corrected chi connectivity index (χ1v) is 6.45. The van der Waals surface area contributed by atoms with Gasteiger partial charge in [-0.1, -0.05) is 33.2 Å². The van der Waals surface area contributed by atoms with Crippen molar-refractivity contribution in [3.8, 4) is 0 Å². The Bertz CT molecular complexity index is 476. The van der Waals surface area contributed by atoms with Crippen LogP contribution in [0.15, 0.2) is 33.9 Å². The molecule has 1 aliphatic rings. The second-order valence-electron chi connectivity index (χ2n) is 4.06. The zero-order valence-electron chi connectivity index (χ0n) is 9.73. The van der Waals surface area contributed by atoms with Gasteiger partial charge in [0, 0.05) is 23.9 Å². The van der Waals surface area contributed by atoms with Gasteiger partial charge < -0.3 is 15.9 Å². The van der Waals surface area contributed by atoms with Gasteiger partial charge in [-0.15, -0.1) is 0 Å². The molecular formula is C12H14BrN3O2. The maximum atomic E-state index is 11.2. The molecule has 1 aromatic carbocycles. The molecule has 6 heteroatoms. The van der Waals surface area contributed by atoms with Crippen molar-refractivity contribution in [2.24, 2.45) is 10.9 Å². The van der Waals surface area contributed by atoms with Gasteiger partial charge in [0.05, 0.1) is 0 Å². The Hall–Kier alpha value is -1.56. The number of halogens is 1. The van der Waals surface area contributed by atoms with Crippen LogP contribution in [-0.4, -0.2) is 24.4 Å². The molecule has 1 aromatic rings. The molecule has 0 bridgehead atoms. The molecule has 0 radical (unpaired) electrons. The van der Waals surface area contributed by atoms with E-state index in [4.69, 9.17) is 10.6 Å². The fraction of sp³-hybridized carbons (Fsp3) is 0.333. The van der Waals surface area contributed by atoms with Gasteiger partial charge >= 0.3 is 0 Å². The summed E-state index contributed by atoms with van der Waals surface area (Å²) in [5.74, 6) is 0.224. The average molecular weight is 312 g/mol. The number of amidine groups is 1. The molecule has 0 spiro atoms. The van der Waals surface area contributed by atoms with Crippen molar-refractivity contribution >= 4 is 27.7 Å². The molecule has 1 fully saturated rings. The SMILES string of the molecule is NC(Cc1cccc(Br)c1)=NOC1CCNC1=O. The molecule has 1 saturated heterocycles. The summed E-state index contributed by atoms with van der Waals surface area (Å²) in [4.78, 5) is 16.4. The van der Waals surface area contributed by atoms with Crippen molar-refractivity contribution in [1.29, 1.82) is 0 Å². The largest absolute Gasteiger partial charge is 0.384 e. The van der Waals surface area contributed by atoms with Gasteiger partial charge in [-0.25, -0.2) is 0 Å². The third-order valence-corrected chi connectivity index (χ3v) is 3.06. The van der Waals surface area contributed by atoms with Gasteiger partial charge in [-0.3, -0.25) is 4.79 Å². The number of hydrogen-bond donors (Lipinski definition) is 2. The Morgan fingerprint density at radius 2 is 2.44 bits per heavy atom. The van der Waals surface area contributed by atoms with E-state index in [-0.39, 0.29) is 5.91 Å². The van der Waals surface area contributed by atoms with E-state index in [1.54, 1.807) is 0 Å². The van der Waals surface area contributed by atoms with E-state index < -0.39 is 6.10 Å². The molecule has 1 amide bonds. The van der Waals surface area contributed by atoms with E-state index in [1.807, 2.05) is 24.3 Å². The fourth-order valence-electron chi connectivity index (χ4n) is 1.69. The van der Waals surface area contributed by atoms with E-state index in [0.29, 0.717) is 25.2 Å². The summed E-state index contributed by atoms with van der Waals surface area (Å²) in [5, 5.41) is 6.47. The van der Waals surface area contributed by atoms with E-state index >= 15 is 0 Å². The monoisotopic (exact) mass is 311 g/mol. The predicted molar refractivity (Wildman–Crippen MR) is 72.0 cm³/mol. The quantitative estimate of drug-likeness (QED) is 0.498. The highest BCUT2D eigenvalue weighted by Gasteiger charge is 2.25. The van der Waals surface area contributed by atoms with Gasteiger partial charge in [0.25, 0.3) is 5.91 Å². The minimum atomic E-state index is -0.508. The summed E-state index contributed by atoms with van der Waals surface area (Å²) < 4.78 is 0.990. The van der Waals surface area contributed by atoms with Crippen molar-refractivity contribution < 1.29 is 9.63 Å². The summed E-state index contributed by atoms with van der Waals surface area (Å²) in [7, 11) is 0. The smallest absolute Gasteiger partial charge is 0.263 e. The lowest BCUT2D eigenvalue weighted by atomic mass is 10.1. The molecule has 96 valence electrons. The van der Waals surface area contributed by atoms with Crippen LogP contribution < -0.4 is 11.1 Å². The normalized spacial score (nSPS) is 19.7. The van der Waals surface area contributed by atoms with E-state index in [2.05, 4.69) is 26.4 Å². The maximum Gasteiger partial charge on any atom is 0.263 e. The zero-order chi connectivity index (χ0) is 13.0. The van der Waals surface area contributed by atoms with E-state index in [0.717, 1.165) is 10.0 Å². The number of nitrogens with two attached hydrogens (primary N) is 1. The van der Waals surface area contributed by atoms with Gasteiger partial charge in [0.1, 0.15) is 5.84 Å². The summed E-state index contributed by atoms with van der Waals surface area (Å²) in [6.45, 7) is 0.630. The molecule has 0 saturated carbocycles. The molecule has 1 heterocycles. The Morgan fingerprint density at radius 3 is 3.11 bits per heavy atom. The van der Waals surface area contributed by atoms with Crippen LogP contribution in [0.2, 0.25) is 0 Å². The van der Waals surface area contributed by atoms with Crippen LogP contribution in [-0.2, 0) is 16.1 Å². The topological polar surface area (TPSA) is 76.7 Å². The van der Waals surface area contributed by atoms with Crippen LogP contribution in [0.5, 0.6) is 0 Å². The molecular weight excluding hydrogens is 298 g/mol.